The van der Waals surface area contributed by atoms with Crippen molar-refractivity contribution in [3.63, 3.8) is 0 Å². The van der Waals surface area contributed by atoms with Crippen molar-refractivity contribution >= 4 is 16.7 Å². The second-order valence-corrected chi connectivity index (χ2v) is 5.29. The quantitative estimate of drug-likeness (QED) is 0.791. The zero-order valence-electron chi connectivity index (χ0n) is 11.8. The molecule has 4 heteroatoms. The molecule has 2 aromatic carbocycles. The van der Waals surface area contributed by atoms with Crippen molar-refractivity contribution in [2.24, 2.45) is 0 Å². The minimum atomic E-state index is 0.0809. The second kappa shape index (κ2) is 5.94. The Morgan fingerprint density at radius 1 is 1.05 bits per heavy atom. The summed E-state index contributed by atoms with van der Waals surface area (Å²) < 4.78 is 0. The van der Waals surface area contributed by atoms with Crippen molar-refractivity contribution in [3.05, 3.63) is 48.0 Å². The first-order valence-electron chi connectivity index (χ1n) is 7.15. The number of benzene rings is 2. The molecule has 0 saturated carbocycles. The number of rotatable bonds is 2. The van der Waals surface area contributed by atoms with Gasteiger partial charge in [0.1, 0.15) is 0 Å². The molecule has 0 aromatic heterocycles. The molecule has 0 bridgehead atoms. The molecule has 1 heterocycles. The molecule has 1 fully saturated rings. The molecule has 4 nitrogen and oxygen atoms in total. The Bertz CT molecular complexity index is 696. The van der Waals surface area contributed by atoms with Crippen molar-refractivity contribution in [1.82, 2.24) is 9.80 Å². The van der Waals surface area contributed by atoms with E-state index in [2.05, 4.69) is 11.0 Å². The molecule has 1 saturated heterocycles. The monoisotopic (exact) mass is 279 g/mol. The summed E-state index contributed by atoms with van der Waals surface area (Å²) in [6, 6.07) is 16.1. The lowest BCUT2D eigenvalue weighted by atomic mass is 10.1. The largest absolute Gasteiger partial charge is 0.336 e. The smallest absolute Gasteiger partial charge is 0.253 e. The van der Waals surface area contributed by atoms with E-state index in [1.165, 1.54) is 0 Å². The lowest BCUT2D eigenvalue weighted by Gasteiger charge is -2.33. The van der Waals surface area contributed by atoms with Crippen LogP contribution in [0.4, 0.5) is 0 Å². The van der Waals surface area contributed by atoms with Crippen molar-refractivity contribution in [2.75, 3.05) is 32.7 Å². The predicted octanol–water partition coefficient (Wildman–Crippen LogP) is 2.12. The third-order valence-corrected chi connectivity index (χ3v) is 3.95. The Hall–Kier alpha value is -2.38. The molecule has 0 spiro atoms. The van der Waals surface area contributed by atoms with E-state index < -0.39 is 0 Å². The lowest BCUT2D eigenvalue weighted by molar-refractivity contribution is 0.0652. The van der Waals surface area contributed by atoms with E-state index in [1.54, 1.807) is 0 Å². The Kier molecular flexibility index (Phi) is 3.85. The number of fused-ring (bicyclic) bond motifs is 1. The first-order valence-corrected chi connectivity index (χ1v) is 7.15. The van der Waals surface area contributed by atoms with Crippen LogP contribution < -0.4 is 0 Å². The van der Waals surface area contributed by atoms with Gasteiger partial charge in [0.15, 0.2) is 0 Å². The van der Waals surface area contributed by atoms with E-state index in [-0.39, 0.29) is 5.91 Å². The molecule has 0 atom stereocenters. The zero-order chi connectivity index (χ0) is 14.7. The Morgan fingerprint density at radius 2 is 1.76 bits per heavy atom. The number of amides is 1. The number of hydrogen-bond acceptors (Lipinski definition) is 3. The molecular formula is C17H17N3O. The van der Waals surface area contributed by atoms with Gasteiger partial charge in [0.05, 0.1) is 12.6 Å². The third-order valence-electron chi connectivity index (χ3n) is 3.95. The summed E-state index contributed by atoms with van der Waals surface area (Å²) in [5.41, 5.74) is 0.738. The van der Waals surface area contributed by atoms with Crippen LogP contribution in [-0.4, -0.2) is 48.4 Å². The fraction of sp³-hybridized carbons (Fsp3) is 0.294. The number of hydrogen-bond donors (Lipinski definition) is 0. The third kappa shape index (κ3) is 2.88. The van der Waals surface area contributed by atoms with Crippen molar-refractivity contribution < 1.29 is 4.79 Å². The van der Waals surface area contributed by atoms with Gasteiger partial charge >= 0.3 is 0 Å². The van der Waals surface area contributed by atoms with Crippen LogP contribution in [0.25, 0.3) is 10.8 Å². The molecule has 106 valence electrons. The van der Waals surface area contributed by atoms with E-state index in [9.17, 15) is 4.79 Å². The van der Waals surface area contributed by atoms with Gasteiger partial charge in [0, 0.05) is 31.7 Å². The lowest BCUT2D eigenvalue weighted by Crippen LogP contribution is -2.48. The summed E-state index contributed by atoms with van der Waals surface area (Å²) in [5.74, 6) is 0.0809. The molecule has 2 aromatic rings. The van der Waals surface area contributed by atoms with Gasteiger partial charge in [0.25, 0.3) is 5.91 Å². The van der Waals surface area contributed by atoms with Crippen LogP contribution >= 0.6 is 0 Å². The van der Waals surface area contributed by atoms with Crippen LogP contribution in [0.2, 0.25) is 0 Å². The summed E-state index contributed by atoms with van der Waals surface area (Å²) in [6.45, 7) is 3.36. The number of carbonyl (C=O) groups is 1. The molecule has 1 aliphatic rings. The van der Waals surface area contributed by atoms with Crippen molar-refractivity contribution in [3.8, 4) is 6.07 Å². The Morgan fingerprint density at radius 3 is 2.48 bits per heavy atom. The van der Waals surface area contributed by atoms with Gasteiger partial charge in [-0.3, -0.25) is 9.69 Å². The van der Waals surface area contributed by atoms with E-state index in [0.29, 0.717) is 19.6 Å². The molecular weight excluding hydrogens is 262 g/mol. The summed E-state index contributed by atoms with van der Waals surface area (Å²) in [4.78, 5) is 16.5. The summed E-state index contributed by atoms with van der Waals surface area (Å²) in [6.07, 6.45) is 0. The van der Waals surface area contributed by atoms with Crippen LogP contribution in [0, 0.1) is 11.3 Å². The summed E-state index contributed by atoms with van der Waals surface area (Å²) >= 11 is 0. The molecule has 0 radical (unpaired) electrons. The fourth-order valence-electron chi connectivity index (χ4n) is 2.71. The fourth-order valence-corrected chi connectivity index (χ4v) is 2.71. The highest BCUT2D eigenvalue weighted by atomic mass is 16.2. The molecule has 0 N–H and O–H groups in total. The van der Waals surface area contributed by atoms with Gasteiger partial charge in [0.2, 0.25) is 0 Å². The van der Waals surface area contributed by atoms with Crippen molar-refractivity contribution in [1.29, 1.82) is 5.26 Å². The number of nitriles is 1. The topological polar surface area (TPSA) is 47.3 Å². The highest BCUT2D eigenvalue weighted by Crippen LogP contribution is 2.17. The molecule has 3 rings (SSSR count). The number of nitrogens with zero attached hydrogens (tertiary/aromatic N) is 3. The van der Waals surface area contributed by atoms with Crippen molar-refractivity contribution in [2.45, 2.75) is 0 Å². The first kappa shape index (κ1) is 13.6. The average Bonchev–Trinajstić information content (AvgIpc) is 2.55. The minimum Gasteiger partial charge on any atom is -0.336 e. The van der Waals surface area contributed by atoms with E-state index in [4.69, 9.17) is 5.26 Å². The van der Waals surface area contributed by atoms with Gasteiger partial charge in [-0.15, -0.1) is 0 Å². The Labute approximate surface area is 124 Å². The van der Waals surface area contributed by atoms with Crippen LogP contribution in [0.3, 0.4) is 0 Å². The van der Waals surface area contributed by atoms with Crippen LogP contribution in [-0.2, 0) is 0 Å². The molecule has 0 aliphatic carbocycles. The highest BCUT2D eigenvalue weighted by molar-refractivity contribution is 5.98. The van der Waals surface area contributed by atoms with Gasteiger partial charge in [-0.1, -0.05) is 30.3 Å². The first-order chi connectivity index (χ1) is 10.3. The van der Waals surface area contributed by atoms with Crippen LogP contribution in [0.15, 0.2) is 42.5 Å². The molecule has 1 aliphatic heterocycles. The minimum absolute atomic E-state index is 0.0809. The van der Waals surface area contributed by atoms with Gasteiger partial charge in [-0.05, 0) is 22.9 Å². The number of carbonyl (C=O) groups excluding carboxylic acids is 1. The average molecular weight is 279 g/mol. The number of piperazine rings is 1. The molecule has 1 amide bonds. The van der Waals surface area contributed by atoms with Gasteiger partial charge in [-0.2, -0.15) is 5.26 Å². The standard InChI is InChI=1S/C17H17N3O/c18-7-8-19-9-11-20(12-10-19)17(21)16-6-5-14-3-1-2-4-15(14)13-16/h1-6,13H,8-12H2. The summed E-state index contributed by atoms with van der Waals surface area (Å²) in [5, 5.41) is 10.9. The summed E-state index contributed by atoms with van der Waals surface area (Å²) in [7, 11) is 0. The predicted molar refractivity (Wildman–Crippen MR) is 81.9 cm³/mol. The maximum absolute atomic E-state index is 12.6. The van der Waals surface area contributed by atoms with E-state index in [1.807, 2.05) is 47.4 Å². The zero-order valence-corrected chi connectivity index (χ0v) is 11.8. The van der Waals surface area contributed by atoms with E-state index >= 15 is 0 Å². The van der Waals surface area contributed by atoms with Gasteiger partial charge < -0.3 is 4.90 Å². The maximum Gasteiger partial charge on any atom is 0.253 e. The SMILES string of the molecule is N#CCN1CCN(C(=O)c2ccc3ccccc3c2)CC1. The Balaban J connectivity index is 1.74. The normalized spacial score (nSPS) is 15.9. The van der Waals surface area contributed by atoms with E-state index in [0.717, 1.165) is 29.4 Å². The second-order valence-electron chi connectivity index (χ2n) is 5.29. The molecule has 0 unspecified atom stereocenters. The van der Waals surface area contributed by atoms with Crippen LogP contribution in [0.5, 0.6) is 0 Å². The maximum atomic E-state index is 12.6. The van der Waals surface area contributed by atoms with Crippen LogP contribution in [0.1, 0.15) is 10.4 Å². The van der Waals surface area contributed by atoms with Gasteiger partial charge in [-0.25, -0.2) is 0 Å². The molecule has 21 heavy (non-hydrogen) atoms. The highest BCUT2D eigenvalue weighted by Gasteiger charge is 2.21.